The summed E-state index contributed by atoms with van der Waals surface area (Å²) in [6, 6.07) is 13.2. The molecule has 1 fully saturated rings. The lowest BCUT2D eigenvalue weighted by Crippen LogP contribution is -2.39. The van der Waals surface area contributed by atoms with E-state index >= 15 is 0 Å². The van der Waals surface area contributed by atoms with Crippen molar-refractivity contribution >= 4 is 21.9 Å². The molecule has 3 rings (SSSR count). The number of ether oxygens (including phenoxy) is 2. The van der Waals surface area contributed by atoms with Crippen LogP contribution in [0.4, 0.5) is 0 Å². The van der Waals surface area contributed by atoms with Gasteiger partial charge < -0.3 is 14.6 Å². The smallest absolute Gasteiger partial charge is 0.320 e. The fourth-order valence-corrected chi connectivity index (χ4v) is 3.98. The van der Waals surface area contributed by atoms with Gasteiger partial charge in [-0.2, -0.15) is 0 Å². The summed E-state index contributed by atoms with van der Waals surface area (Å²) in [4.78, 5) is 13.9. The van der Waals surface area contributed by atoms with Crippen molar-refractivity contribution in [2.45, 2.75) is 31.8 Å². The largest absolute Gasteiger partial charge is 0.493 e. The quantitative estimate of drug-likeness (QED) is 0.696. The van der Waals surface area contributed by atoms with E-state index in [0.717, 1.165) is 28.6 Å². The van der Waals surface area contributed by atoms with Crippen LogP contribution in [0.5, 0.6) is 11.5 Å². The number of aliphatic carboxylic acids is 1. The normalized spacial score (nSPS) is 18.3. The Labute approximate surface area is 168 Å². The van der Waals surface area contributed by atoms with Crippen LogP contribution in [0.2, 0.25) is 0 Å². The lowest BCUT2D eigenvalue weighted by molar-refractivity contribution is -0.142. The molecule has 27 heavy (non-hydrogen) atoms. The number of methoxy groups -OCH3 is 1. The molecule has 0 bridgehead atoms. The Kier molecular flexibility index (Phi) is 6.39. The molecular formula is C21H24BrNO4. The van der Waals surface area contributed by atoms with Crippen molar-refractivity contribution in [1.29, 1.82) is 0 Å². The molecule has 0 spiro atoms. The molecule has 1 aliphatic heterocycles. The number of nitrogens with zero attached hydrogens (tertiary/aromatic N) is 1. The van der Waals surface area contributed by atoms with Gasteiger partial charge in [0, 0.05) is 11.0 Å². The summed E-state index contributed by atoms with van der Waals surface area (Å²) in [6.07, 6.45) is 1.54. The molecule has 2 aromatic carbocycles. The Morgan fingerprint density at radius 2 is 1.93 bits per heavy atom. The molecule has 0 radical (unpaired) electrons. The van der Waals surface area contributed by atoms with E-state index in [9.17, 15) is 9.90 Å². The number of benzene rings is 2. The van der Waals surface area contributed by atoms with Crippen LogP contribution >= 0.6 is 15.9 Å². The van der Waals surface area contributed by atoms with Gasteiger partial charge in [-0.05, 0) is 55.2 Å². The van der Waals surface area contributed by atoms with Crippen LogP contribution in [0.25, 0.3) is 0 Å². The van der Waals surface area contributed by atoms with Crippen molar-refractivity contribution in [1.82, 2.24) is 4.90 Å². The first-order valence-electron chi connectivity index (χ1n) is 9.10. The highest BCUT2D eigenvalue weighted by Gasteiger charge is 2.37. The highest BCUT2D eigenvalue weighted by molar-refractivity contribution is 9.10. The molecule has 1 aliphatic rings. The van der Waals surface area contributed by atoms with E-state index in [1.807, 2.05) is 49.4 Å². The van der Waals surface area contributed by atoms with Crippen LogP contribution < -0.4 is 9.47 Å². The zero-order chi connectivity index (χ0) is 19.4. The van der Waals surface area contributed by atoms with Gasteiger partial charge in [0.2, 0.25) is 0 Å². The minimum absolute atomic E-state index is 0.161. The second-order valence-electron chi connectivity index (χ2n) is 6.53. The highest BCUT2D eigenvalue weighted by Crippen LogP contribution is 2.39. The van der Waals surface area contributed by atoms with E-state index in [1.54, 1.807) is 7.11 Å². The topological polar surface area (TPSA) is 59.0 Å². The Bertz CT molecular complexity index is 793. The second kappa shape index (κ2) is 8.76. The monoisotopic (exact) mass is 433 g/mol. The van der Waals surface area contributed by atoms with Crippen molar-refractivity contribution < 1.29 is 19.4 Å². The van der Waals surface area contributed by atoms with Crippen molar-refractivity contribution in [3.05, 3.63) is 58.1 Å². The van der Waals surface area contributed by atoms with Gasteiger partial charge in [0.25, 0.3) is 0 Å². The maximum Gasteiger partial charge on any atom is 0.320 e. The molecule has 2 aromatic rings. The zero-order valence-electron chi connectivity index (χ0n) is 15.5. The predicted molar refractivity (Wildman–Crippen MR) is 108 cm³/mol. The molecule has 2 atom stereocenters. The average Bonchev–Trinajstić information content (AvgIpc) is 3.14. The summed E-state index contributed by atoms with van der Waals surface area (Å²) in [6.45, 7) is 3.23. The van der Waals surface area contributed by atoms with Crippen molar-refractivity contribution in [3.63, 3.8) is 0 Å². The first-order valence-corrected chi connectivity index (χ1v) is 9.89. The van der Waals surface area contributed by atoms with Crippen LogP contribution in [0.1, 0.15) is 36.9 Å². The second-order valence-corrected chi connectivity index (χ2v) is 7.45. The molecule has 1 heterocycles. The van der Waals surface area contributed by atoms with E-state index in [4.69, 9.17) is 9.47 Å². The van der Waals surface area contributed by atoms with Crippen LogP contribution in [0.3, 0.4) is 0 Å². The van der Waals surface area contributed by atoms with Crippen LogP contribution in [-0.2, 0) is 4.79 Å². The summed E-state index contributed by atoms with van der Waals surface area (Å²) in [5.74, 6) is 0.574. The number of halogens is 1. The number of carbonyl (C=O) groups is 1. The van der Waals surface area contributed by atoms with Crippen molar-refractivity contribution in [3.8, 4) is 11.5 Å². The standard InChI is InChI=1S/C21H24BrNO4/c1-3-27-18-11-8-15(13-19(18)26-2)20(14-6-9-16(22)10-7-14)23-12-4-5-17(23)21(24)25/h6-11,13,17,20H,3-5,12H2,1-2H3,(H,24,25). The predicted octanol–water partition coefficient (Wildman–Crippen LogP) is 4.49. The van der Waals surface area contributed by atoms with Gasteiger partial charge in [-0.15, -0.1) is 0 Å². The number of hydrogen-bond acceptors (Lipinski definition) is 4. The third-order valence-corrected chi connectivity index (χ3v) is 5.43. The molecular weight excluding hydrogens is 410 g/mol. The zero-order valence-corrected chi connectivity index (χ0v) is 17.1. The number of rotatable bonds is 7. The minimum atomic E-state index is -0.771. The number of likely N-dealkylation sites (tertiary alicyclic amines) is 1. The molecule has 0 aromatic heterocycles. The van der Waals surface area contributed by atoms with Crippen LogP contribution in [0, 0.1) is 0 Å². The molecule has 0 aliphatic carbocycles. The molecule has 144 valence electrons. The van der Waals surface area contributed by atoms with Crippen molar-refractivity contribution in [2.24, 2.45) is 0 Å². The van der Waals surface area contributed by atoms with Gasteiger partial charge in [0.1, 0.15) is 6.04 Å². The van der Waals surface area contributed by atoms with Gasteiger partial charge >= 0.3 is 5.97 Å². The van der Waals surface area contributed by atoms with Gasteiger partial charge in [-0.1, -0.05) is 34.1 Å². The van der Waals surface area contributed by atoms with E-state index in [0.29, 0.717) is 24.5 Å². The number of hydrogen-bond donors (Lipinski definition) is 1. The molecule has 0 amide bonds. The fraction of sp³-hybridized carbons (Fsp3) is 0.381. The molecule has 2 unspecified atom stereocenters. The SMILES string of the molecule is CCOc1ccc(C(c2ccc(Br)cc2)N2CCCC2C(=O)O)cc1OC. The van der Waals surface area contributed by atoms with Gasteiger partial charge in [0.05, 0.1) is 19.8 Å². The molecule has 0 saturated carbocycles. The maximum atomic E-state index is 11.8. The first-order chi connectivity index (χ1) is 13.0. The summed E-state index contributed by atoms with van der Waals surface area (Å²) in [5.41, 5.74) is 2.04. The molecule has 5 nitrogen and oxygen atoms in total. The van der Waals surface area contributed by atoms with E-state index in [-0.39, 0.29) is 6.04 Å². The Morgan fingerprint density at radius 3 is 2.56 bits per heavy atom. The summed E-state index contributed by atoms with van der Waals surface area (Å²) < 4.78 is 12.1. The third kappa shape index (κ3) is 4.28. The van der Waals surface area contributed by atoms with Crippen molar-refractivity contribution in [2.75, 3.05) is 20.3 Å². The minimum Gasteiger partial charge on any atom is -0.493 e. The Hall–Kier alpha value is -2.05. The lowest BCUT2D eigenvalue weighted by atomic mass is 9.96. The summed E-state index contributed by atoms with van der Waals surface area (Å²) in [7, 11) is 1.62. The lowest BCUT2D eigenvalue weighted by Gasteiger charge is -2.32. The Balaban J connectivity index is 2.07. The van der Waals surface area contributed by atoms with E-state index < -0.39 is 12.0 Å². The maximum absolute atomic E-state index is 11.8. The molecule has 1 N–H and O–H groups in total. The van der Waals surface area contributed by atoms with Gasteiger partial charge in [-0.25, -0.2) is 0 Å². The van der Waals surface area contributed by atoms with E-state index in [1.165, 1.54) is 0 Å². The molecule has 6 heteroatoms. The third-order valence-electron chi connectivity index (χ3n) is 4.90. The summed E-state index contributed by atoms with van der Waals surface area (Å²) >= 11 is 3.47. The van der Waals surface area contributed by atoms with Gasteiger partial charge in [0.15, 0.2) is 11.5 Å². The fourth-order valence-electron chi connectivity index (χ4n) is 3.71. The number of carboxylic acids is 1. The average molecular weight is 434 g/mol. The summed E-state index contributed by atoms with van der Waals surface area (Å²) in [5, 5.41) is 9.69. The van der Waals surface area contributed by atoms with Crippen LogP contribution in [-0.4, -0.2) is 42.3 Å². The Morgan fingerprint density at radius 1 is 1.22 bits per heavy atom. The molecule has 1 saturated heterocycles. The van der Waals surface area contributed by atoms with E-state index in [2.05, 4.69) is 20.8 Å². The van der Waals surface area contributed by atoms with Crippen LogP contribution in [0.15, 0.2) is 46.9 Å². The number of carboxylic acid groups (broad SMARTS) is 1. The van der Waals surface area contributed by atoms with Gasteiger partial charge in [-0.3, -0.25) is 9.69 Å². The highest BCUT2D eigenvalue weighted by atomic mass is 79.9. The first kappa shape index (κ1) is 19.7.